The Labute approximate surface area is 209 Å². The number of methoxy groups -OCH3 is 1. The molecule has 8 heteroatoms. The number of nitrogens with zero attached hydrogens (tertiary/aromatic N) is 1. The van der Waals surface area contributed by atoms with Crippen LogP contribution < -0.4 is 19.6 Å². The molecular formula is C27H27ClN2O5. The molecule has 0 aromatic heterocycles. The zero-order valence-electron chi connectivity index (χ0n) is 20.0. The Hall–Kier alpha value is -3.84. The summed E-state index contributed by atoms with van der Waals surface area (Å²) < 4.78 is 16.5. The highest BCUT2D eigenvalue weighted by Crippen LogP contribution is 2.29. The highest BCUT2D eigenvalue weighted by Gasteiger charge is 2.13. The van der Waals surface area contributed by atoms with E-state index >= 15 is 0 Å². The van der Waals surface area contributed by atoms with E-state index in [1.54, 1.807) is 42.5 Å². The van der Waals surface area contributed by atoms with E-state index in [4.69, 9.17) is 25.8 Å². The first-order chi connectivity index (χ1) is 16.8. The van der Waals surface area contributed by atoms with Crippen molar-refractivity contribution in [2.75, 3.05) is 13.7 Å². The molecule has 1 N–H and O–H groups in total. The average Bonchev–Trinajstić information content (AvgIpc) is 2.83. The van der Waals surface area contributed by atoms with Gasteiger partial charge in [0.1, 0.15) is 5.75 Å². The maximum absolute atomic E-state index is 12.4. The first-order valence-electron chi connectivity index (χ1n) is 11.0. The maximum atomic E-state index is 12.4. The fourth-order valence-corrected chi connectivity index (χ4v) is 3.32. The van der Waals surface area contributed by atoms with Gasteiger partial charge >= 0.3 is 5.97 Å². The van der Waals surface area contributed by atoms with Crippen molar-refractivity contribution >= 4 is 29.7 Å². The summed E-state index contributed by atoms with van der Waals surface area (Å²) in [6, 6.07) is 17.2. The molecule has 0 fully saturated rings. The van der Waals surface area contributed by atoms with Crippen molar-refractivity contribution in [3.63, 3.8) is 0 Å². The van der Waals surface area contributed by atoms with Gasteiger partial charge in [-0.3, -0.25) is 4.79 Å². The molecule has 0 heterocycles. The summed E-state index contributed by atoms with van der Waals surface area (Å²) in [7, 11) is 1.46. The first-order valence-corrected chi connectivity index (χ1v) is 11.4. The van der Waals surface area contributed by atoms with Gasteiger partial charge in [0.2, 0.25) is 0 Å². The molecule has 0 spiro atoms. The number of hydrogen-bond donors (Lipinski definition) is 1. The van der Waals surface area contributed by atoms with Crippen LogP contribution in [0.2, 0.25) is 5.02 Å². The molecule has 35 heavy (non-hydrogen) atoms. The maximum Gasteiger partial charge on any atom is 0.343 e. The average molecular weight is 495 g/mol. The molecule has 0 aliphatic rings. The molecule has 0 bridgehead atoms. The van der Waals surface area contributed by atoms with Gasteiger partial charge in [0.05, 0.1) is 18.9 Å². The lowest BCUT2D eigenvalue weighted by Gasteiger charge is -2.14. The quantitative estimate of drug-likeness (QED) is 0.183. The molecule has 182 valence electrons. The van der Waals surface area contributed by atoms with Crippen LogP contribution >= 0.6 is 11.6 Å². The number of hydrogen-bond acceptors (Lipinski definition) is 6. The molecular weight excluding hydrogens is 468 g/mol. The van der Waals surface area contributed by atoms with Crippen LogP contribution in [0.25, 0.3) is 0 Å². The van der Waals surface area contributed by atoms with Gasteiger partial charge in [0.25, 0.3) is 5.91 Å². The second-order valence-electron chi connectivity index (χ2n) is 8.08. The van der Waals surface area contributed by atoms with Gasteiger partial charge in [-0.1, -0.05) is 37.6 Å². The number of carbonyl (C=O) groups is 2. The van der Waals surface area contributed by atoms with Crippen LogP contribution in [0.4, 0.5) is 0 Å². The first kappa shape index (κ1) is 25.8. The highest BCUT2D eigenvalue weighted by molar-refractivity contribution is 6.30. The second-order valence-corrected chi connectivity index (χ2v) is 8.52. The Morgan fingerprint density at radius 3 is 2.43 bits per heavy atom. The van der Waals surface area contributed by atoms with Gasteiger partial charge in [-0.25, -0.2) is 10.2 Å². The third-order valence-electron chi connectivity index (χ3n) is 5.02. The SMILES string of the molecule is COc1cc(C=NNC(=O)COc2cc(C)ccc2C(C)C)ccc1OC(=O)c1ccc(Cl)cc1. The fraction of sp³-hybridized carbons (Fsp3) is 0.222. The van der Waals surface area contributed by atoms with Crippen LogP contribution in [0.5, 0.6) is 17.2 Å². The van der Waals surface area contributed by atoms with Crippen molar-refractivity contribution in [3.8, 4) is 17.2 Å². The molecule has 3 rings (SSSR count). The Bertz CT molecular complexity index is 1220. The predicted octanol–water partition coefficient (Wildman–Crippen LogP) is 5.53. The lowest BCUT2D eigenvalue weighted by molar-refractivity contribution is -0.123. The van der Waals surface area contributed by atoms with E-state index in [0.29, 0.717) is 27.6 Å². The van der Waals surface area contributed by atoms with Crippen LogP contribution in [0, 0.1) is 6.92 Å². The zero-order valence-corrected chi connectivity index (χ0v) is 20.8. The minimum atomic E-state index is -0.539. The number of rotatable bonds is 9. The molecule has 0 aliphatic heterocycles. The number of hydrazone groups is 1. The van der Waals surface area contributed by atoms with Crippen LogP contribution in [-0.2, 0) is 4.79 Å². The topological polar surface area (TPSA) is 86.2 Å². The lowest BCUT2D eigenvalue weighted by Crippen LogP contribution is -2.25. The lowest BCUT2D eigenvalue weighted by atomic mass is 10.0. The molecule has 3 aromatic rings. The Morgan fingerprint density at radius 2 is 1.74 bits per heavy atom. The number of aryl methyl sites for hydroxylation is 1. The summed E-state index contributed by atoms with van der Waals surface area (Å²) >= 11 is 5.85. The largest absolute Gasteiger partial charge is 0.493 e. The predicted molar refractivity (Wildman–Crippen MR) is 136 cm³/mol. The van der Waals surface area contributed by atoms with Crippen molar-refractivity contribution in [1.82, 2.24) is 5.43 Å². The number of amides is 1. The van der Waals surface area contributed by atoms with Crippen LogP contribution in [0.3, 0.4) is 0 Å². The summed E-state index contributed by atoms with van der Waals surface area (Å²) in [6.07, 6.45) is 1.46. The Kier molecular flexibility index (Phi) is 8.86. The monoisotopic (exact) mass is 494 g/mol. The minimum absolute atomic E-state index is 0.163. The number of ether oxygens (including phenoxy) is 3. The summed E-state index contributed by atoms with van der Waals surface area (Å²) in [5.74, 6) is 0.622. The molecule has 0 radical (unpaired) electrons. The van der Waals surface area contributed by atoms with Crippen molar-refractivity contribution in [3.05, 3.63) is 87.9 Å². The molecule has 0 aliphatic carbocycles. The van der Waals surface area contributed by atoms with Gasteiger partial charge in [0.15, 0.2) is 18.1 Å². The second kappa shape index (κ2) is 12.0. The molecule has 1 amide bonds. The number of esters is 1. The van der Waals surface area contributed by atoms with Gasteiger partial charge in [-0.15, -0.1) is 0 Å². The minimum Gasteiger partial charge on any atom is -0.493 e. The highest BCUT2D eigenvalue weighted by atomic mass is 35.5. The molecule has 7 nitrogen and oxygen atoms in total. The number of benzene rings is 3. The van der Waals surface area contributed by atoms with E-state index in [1.165, 1.54) is 13.3 Å². The summed E-state index contributed by atoms with van der Waals surface area (Å²) in [4.78, 5) is 24.5. The Balaban J connectivity index is 1.58. The van der Waals surface area contributed by atoms with Crippen LogP contribution in [0.15, 0.2) is 65.8 Å². The van der Waals surface area contributed by atoms with E-state index in [-0.39, 0.29) is 18.3 Å². The zero-order chi connectivity index (χ0) is 25.4. The summed E-state index contributed by atoms with van der Waals surface area (Å²) in [5.41, 5.74) is 5.53. The number of halogens is 1. The molecule has 0 saturated heterocycles. The molecule has 0 saturated carbocycles. The van der Waals surface area contributed by atoms with Gasteiger partial charge in [-0.2, -0.15) is 5.10 Å². The normalized spacial score (nSPS) is 10.9. The summed E-state index contributed by atoms with van der Waals surface area (Å²) in [5, 5.41) is 4.50. The standard InChI is InChI=1S/C27H27ClN2O5/c1-17(2)22-11-5-18(3)13-24(22)34-16-26(31)30-29-15-19-6-12-23(25(14-19)33-4)35-27(32)20-7-9-21(28)10-8-20/h5-15,17H,16H2,1-4H3,(H,30,31). The number of nitrogens with one attached hydrogen (secondary N) is 1. The fourth-order valence-electron chi connectivity index (χ4n) is 3.19. The van der Waals surface area contributed by atoms with E-state index in [1.807, 2.05) is 25.1 Å². The van der Waals surface area contributed by atoms with E-state index in [0.717, 1.165) is 11.1 Å². The van der Waals surface area contributed by atoms with Gasteiger partial charge < -0.3 is 14.2 Å². The smallest absolute Gasteiger partial charge is 0.343 e. The molecule has 3 aromatic carbocycles. The van der Waals surface area contributed by atoms with E-state index in [2.05, 4.69) is 24.4 Å². The third-order valence-corrected chi connectivity index (χ3v) is 5.27. The Morgan fingerprint density at radius 1 is 1.00 bits per heavy atom. The van der Waals surface area contributed by atoms with Crippen molar-refractivity contribution in [2.45, 2.75) is 26.7 Å². The molecule has 0 atom stereocenters. The van der Waals surface area contributed by atoms with E-state index in [9.17, 15) is 9.59 Å². The van der Waals surface area contributed by atoms with Gasteiger partial charge in [0, 0.05) is 5.02 Å². The third kappa shape index (κ3) is 7.32. The van der Waals surface area contributed by atoms with Crippen LogP contribution in [-0.4, -0.2) is 31.8 Å². The van der Waals surface area contributed by atoms with Crippen molar-refractivity contribution < 1.29 is 23.8 Å². The van der Waals surface area contributed by atoms with Crippen LogP contribution in [0.1, 0.15) is 46.8 Å². The molecule has 0 unspecified atom stereocenters. The van der Waals surface area contributed by atoms with E-state index < -0.39 is 11.9 Å². The number of carbonyl (C=O) groups excluding carboxylic acids is 2. The van der Waals surface area contributed by atoms with Gasteiger partial charge in [-0.05, 0) is 78.1 Å². The van der Waals surface area contributed by atoms with Crippen molar-refractivity contribution in [2.24, 2.45) is 5.10 Å². The summed E-state index contributed by atoms with van der Waals surface area (Å²) in [6.45, 7) is 5.95. The van der Waals surface area contributed by atoms with Crippen molar-refractivity contribution in [1.29, 1.82) is 0 Å².